The van der Waals surface area contributed by atoms with Crippen LogP contribution in [0.5, 0.6) is 5.75 Å². The minimum atomic E-state index is -0.888. The largest absolute Gasteiger partial charge is 0.486 e. The molecule has 2 amide bonds. The van der Waals surface area contributed by atoms with E-state index in [0.717, 1.165) is 30.0 Å². The minimum absolute atomic E-state index is 0.0112. The smallest absolute Gasteiger partial charge is 0.286 e. The van der Waals surface area contributed by atoms with Crippen LogP contribution in [0, 0.1) is 11.6 Å². The maximum atomic E-state index is 13.7. The van der Waals surface area contributed by atoms with Crippen molar-refractivity contribution in [1.29, 1.82) is 0 Å². The number of nitrogens with one attached hydrogen (secondary N) is 2. The Morgan fingerprint density at radius 2 is 1.81 bits per heavy atom. The third kappa shape index (κ3) is 6.53. The summed E-state index contributed by atoms with van der Waals surface area (Å²) in [7, 11) is 3.86. The Morgan fingerprint density at radius 1 is 1.06 bits per heavy atom. The summed E-state index contributed by atoms with van der Waals surface area (Å²) in [6.45, 7) is 1.35. The first-order chi connectivity index (χ1) is 15.3. The molecule has 0 atom stereocenters. The second-order valence-electron chi connectivity index (χ2n) is 6.95. The molecule has 2 N–H and O–H groups in total. The number of carbonyl (C=O) groups is 2. The molecule has 8 nitrogen and oxygen atoms in total. The lowest BCUT2D eigenvalue weighted by Gasteiger charge is -2.10. The fraction of sp³-hybridized carbons (Fsp3) is 0.238. The van der Waals surface area contributed by atoms with Gasteiger partial charge in [0.25, 0.3) is 11.8 Å². The van der Waals surface area contributed by atoms with Crippen LogP contribution in [0.4, 0.5) is 14.5 Å². The molecule has 3 aromatic rings. The number of ether oxygens (including phenoxy) is 1. The Morgan fingerprint density at radius 3 is 2.50 bits per heavy atom. The molecule has 2 aromatic carbocycles. The van der Waals surface area contributed by atoms with Crippen LogP contribution in [0.3, 0.4) is 0 Å². The Labute approximate surface area is 187 Å². The third-order valence-corrected chi connectivity index (χ3v) is 5.06. The van der Waals surface area contributed by atoms with Crippen molar-refractivity contribution in [2.24, 2.45) is 0 Å². The van der Waals surface area contributed by atoms with Crippen LogP contribution in [0.25, 0.3) is 0 Å². The van der Waals surface area contributed by atoms with E-state index >= 15 is 0 Å². The van der Waals surface area contributed by atoms with Crippen LogP contribution in [0.2, 0.25) is 0 Å². The van der Waals surface area contributed by atoms with Crippen molar-refractivity contribution in [3.05, 3.63) is 69.7 Å². The highest BCUT2D eigenvalue weighted by atomic mass is 32.1. The number of amides is 2. The van der Waals surface area contributed by atoms with Crippen LogP contribution in [-0.4, -0.2) is 54.1 Å². The van der Waals surface area contributed by atoms with Crippen molar-refractivity contribution >= 4 is 28.8 Å². The highest BCUT2D eigenvalue weighted by Crippen LogP contribution is 2.19. The first-order valence-corrected chi connectivity index (χ1v) is 10.4. The quantitative estimate of drug-likeness (QED) is 0.509. The van der Waals surface area contributed by atoms with E-state index in [1.165, 1.54) is 0 Å². The van der Waals surface area contributed by atoms with Gasteiger partial charge in [-0.3, -0.25) is 9.59 Å². The highest BCUT2D eigenvalue weighted by molar-refractivity contribution is 7.13. The van der Waals surface area contributed by atoms with Crippen LogP contribution in [0.1, 0.15) is 25.2 Å². The molecule has 0 saturated carbocycles. The van der Waals surface area contributed by atoms with Gasteiger partial charge in [-0.05, 0) is 50.5 Å². The van der Waals surface area contributed by atoms with Crippen molar-refractivity contribution in [1.82, 2.24) is 20.4 Å². The molecule has 0 aliphatic carbocycles. The van der Waals surface area contributed by atoms with Gasteiger partial charge in [0.2, 0.25) is 5.01 Å². The standard InChI is InChI=1S/C21H21F2N5O3S/c1-28(2)10-9-24-19(29)13-3-6-15(7-4-13)31-12-18-26-27-21(32-18)20(30)25-17-8-5-14(22)11-16(17)23/h3-8,11H,9-10,12H2,1-2H3,(H,24,29)(H,25,30). The summed E-state index contributed by atoms with van der Waals surface area (Å²) < 4.78 is 32.3. The number of hydrogen-bond donors (Lipinski definition) is 2. The lowest BCUT2D eigenvalue weighted by Crippen LogP contribution is -2.31. The summed E-state index contributed by atoms with van der Waals surface area (Å²) >= 11 is 0.984. The third-order valence-electron chi connectivity index (χ3n) is 4.16. The molecule has 0 aliphatic rings. The van der Waals surface area contributed by atoms with Crippen LogP contribution < -0.4 is 15.4 Å². The summed E-state index contributed by atoms with van der Waals surface area (Å²) in [6, 6.07) is 9.46. The van der Waals surface area contributed by atoms with Gasteiger partial charge in [-0.25, -0.2) is 8.78 Å². The molecule has 1 aromatic heterocycles. The monoisotopic (exact) mass is 461 g/mol. The Balaban J connectivity index is 1.51. The highest BCUT2D eigenvalue weighted by Gasteiger charge is 2.15. The van der Waals surface area contributed by atoms with E-state index in [-0.39, 0.29) is 23.2 Å². The van der Waals surface area contributed by atoms with Gasteiger partial charge in [0.15, 0.2) is 5.01 Å². The van der Waals surface area contributed by atoms with Crippen molar-refractivity contribution < 1.29 is 23.1 Å². The lowest BCUT2D eigenvalue weighted by molar-refractivity contribution is 0.0950. The molecule has 0 spiro atoms. The van der Waals surface area contributed by atoms with E-state index in [2.05, 4.69) is 20.8 Å². The molecule has 0 bridgehead atoms. The molecule has 32 heavy (non-hydrogen) atoms. The first-order valence-electron chi connectivity index (χ1n) is 9.56. The maximum Gasteiger partial charge on any atom is 0.286 e. The molecule has 0 saturated heterocycles. The molecule has 1 heterocycles. The van der Waals surface area contributed by atoms with E-state index in [1.807, 2.05) is 19.0 Å². The fourth-order valence-corrected chi connectivity index (χ4v) is 3.16. The average molecular weight is 461 g/mol. The fourth-order valence-electron chi connectivity index (χ4n) is 2.51. The number of carbonyl (C=O) groups excluding carboxylic acids is 2. The topological polar surface area (TPSA) is 96.5 Å². The van der Waals surface area contributed by atoms with E-state index < -0.39 is 17.5 Å². The van der Waals surface area contributed by atoms with Crippen molar-refractivity contribution in [3.8, 4) is 5.75 Å². The normalized spacial score (nSPS) is 10.8. The Bertz CT molecular complexity index is 1090. The molecule has 0 radical (unpaired) electrons. The Kier molecular flexibility index (Phi) is 7.79. The summed E-state index contributed by atoms with van der Waals surface area (Å²) in [4.78, 5) is 26.3. The molecule has 0 unspecified atom stereocenters. The number of likely N-dealkylation sites (N-methyl/N-ethyl adjacent to an activating group) is 1. The molecular weight excluding hydrogens is 440 g/mol. The minimum Gasteiger partial charge on any atom is -0.486 e. The number of hydrogen-bond acceptors (Lipinski definition) is 7. The van der Waals surface area contributed by atoms with Crippen LogP contribution >= 0.6 is 11.3 Å². The molecule has 0 aliphatic heterocycles. The van der Waals surface area contributed by atoms with Gasteiger partial charge in [-0.15, -0.1) is 10.2 Å². The number of halogens is 2. The van der Waals surface area contributed by atoms with Gasteiger partial charge in [-0.2, -0.15) is 0 Å². The Hall–Kier alpha value is -3.44. The SMILES string of the molecule is CN(C)CCNC(=O)c1ccc(OCc2nnc(C(=O)Nc3ccc(F)cc3F)s2)cc1. The zero-order valence-electron chi connectivity index (χ0n) is 17.4. The first kappa shape index (κ1) is 23.2. The number of benzene rings is 2. The second-order valence-corrected chi connectivity index (χ2v) is 8.01. The predicted octanol–water partition coefficient (Wildman–Crippen LogP) is 2.94. The molecule has 11 heteroatoms. The summed E-state index contributed by atoms with van der Waals surface area (Å²) in [6.07, 6.45) is 0. The molecule has 3 rings (SSSR count). The van der Waals surface area contributed by atoms with Crippen LogP contribution in [0.15, 0.2) is 42.5 Å². The zero-order chi connectivity index (χ0) is 23.1. The molecule has 0 fully saturated rings. The van der Waals surface area contributed by atoms with Gasteiger partial charge in [0.1, 0.15) is 24.0 Å². The number of nitrogens with zero attached hydrogens (tertiary/aromatic N) is 3. The maximum absolute atomic E-state index is 13.7. The lowest BCUT2D eigenvalue weighted by atomic mass is 10.2. The van der Waals surface area contributed by atoms with Gasteiger partial charge >= 0.3 is 0 Å². The summed E-state index contributed by atoms with van der Waals surface area (Å²) in [5, 5.41) is 13.3. The van der Waals surface area contributed by atoms with Gasteiger partial charge in [-0.1, -0.05) is 11.3 Å². The van der Waals surface area contributed by atoms with Gasteiger partial charge < -0.3 is 20.3 Å². The van der Waals surface area contributed by atoms with E-state index in [4.69, 9.17) is 4.74 Å². The zero-order valence-corrected chi connectivity index (χ0v) is 18.2. The van der Waals surface area contributed by atoms with Crippen molar-refractivity contribution in [3.63, 3.8) is 0 Å². The summed E-state index contributed by atoms with van der Waals surface area (Å²) in [5.74, 6) is -1.95. The average Bonchev–Trinajstić information content (AvgIpc) is 3.23. The second kappa shape index (κ2) is 10.7. The van der Waals surface area contributed by atoms with Crippen molar-refractivity contribution in [2.75, 3.05) is 32.5 Å². The van der Waals surface area contributed by atoms with Gasteiger partial charge in [0.05, 0.1) is 5.69 Å². The number of aromatic nitrogens is 2. The van der Waals surface area contributed by atoms with E-state index in [1.54, 1.807) is 24.3 Å². The van der Waals surface area contributed by atoms with E-state index in [9.17, 15) is 18.4 Å². The predicted molar refractivity (Wildman–Crippen MR) is 116 cm³/mol. The molecule has 168 valence electrons. The van der Waals surface area contributed by atoms with E-state index in [0.29, 0.717) is 28.9 Å². The van der Waals surface area contributed by atoms with Gasteiger partial charge in [0, 0.05) is 24.7 Å². The molecular formula is C21H21F2N5O3S. The number of rotatable bonds is 9. The van der Waals surface area contributed by atoms with Crippen LogP contribution in [-0.2, 0) is 6.61 Å². The summed E-state index contributed by atoms with van der Waals surface area (Å²) in [5.41, 5.74) is 0.356. The number of anilines is 1. The van der Waals surface area contributed by atoms with Crippen molar-refractivity contribution in [2.45, 2.75) is 6.61 Å².